The van der Waals surface area contributed by atoms with Crippen molar-refractivity contribution in [2.24, 2.45) is 0 Å². The summed E-state index contributed by atoms with van der Waals surface area (Å²) in [4.78, 5) is 4.57. The van der Waals surface area contributed by atoms with Gasteiger partial charge in [0.2, 0.25) is 0 Å². The van der Waals surface area contributed by atoms with Crippen LogP contribution in [0.4, 0.5) is 0 Å². The Bertz CT molecular complexity index is 412. The molecule has 1 fully saturated rings. The minimum atomic E-state index is 0.766. The highest BCUT2D eigenvalue weighted by Crippen LogP contribution is 2.23. The van der Waals surface area contributed by atoms with Gasteiger partial charge in [-0.15, -0.1) is 11.3 Å². The molecule has 0 saturated heterocycles. The normalized spacial score (nSPS) is 16.3. The molecule has 1 aromatic carbocycles. The van der Waals surface area contributed by atoms with Crippen LogP contribution in [0.3, 0.4) is 0 Å². The van der Waals surface area contributed by atoms with E-state index in [0.29, 0.717) is 0 Å². The summed E-state index contributed by atoms with van der Waals surface area (Å²) in [6, 6.07) is 9.08. The molecule has 2 aromatic rings. The van der Waals surface area contributed by atoms with E-state index in [1.807, 2.05) is 6.07 Å². The Morgan fingerprint density at radius 1 is 1.36 bits per heavy atom. The van der Waals surface area contributed by atoms with Gasteiger partial charge in [-0.05, 0) is 25.0 Å². The second-order valence-electron chi connectivity index (χ2n) is 3.73. The third-order valence-corrected chi connectivity index (χ3v) is 3.49. The number of aromatic nitrogens is 1. The molecule has 0 bridgehead atoms. The van der Waals surface area contributed by atoms with Gasteiger partial charge in [0.25, 0.3) is 0 Å². The smallest absolute Gasteiger partial charge is 0.108 e. The van der Waals surface area contributed by atoms with Crippen molar-refractivity contribution in [1.82, 2.24) is 10.3 Å². The molecule has 0 radical (unpaired) electrons. The van der Waals surface area contributed by atoms with Gasteiger partial charge in [-0.1, -0.05) is 12.1 Å². The van der Waals surface area contributed by atoms with Gasteiger partial charge in [-0.2, -0.15) is 0 Å². The van der Waals surface area contributed by atoms with Crippen LogP contribution in [0.1, 0.15) is 17.8 Å². The van der Waals surface area contributed by atoms with Crippen molar-refractivity contribution in [2.75, 3.05) is 0 Å². The summed E-state index contributed by atoms with van der Waals surface area (Å²) in [6.45, 7) is 0.935. The first kappa shape index (κ1) is 8.38. The summed E-state index contributed by atoms with van der Waals surface area (Å²) >= 11 is 1.79. The van der Waals surface area contributed by atoms with E-state index < -0.39 is 0 Å². The predicted molar refractivity (Wildman–Crippen MR) is 59.5 cm³/mol. The van der Waals surface area contributed by atoms with Crippen molar-refractivity contribution in [3.05, 3.63) is 29.3 Å². The monoisotopic (exact) mass is 204 g/mol. The van der Waals surface area contributed by atoms with Gasteiger partial charge in [0.1, 0.15) is 5.01 Å². The van der Waals surface area contributed by atoms with Crippen LogP contribution in [0, 0.1) is 0 Å². The third-order valence-electron chi connectivity index (χ3n) is 2.46. The molecule has 0 unspecified atom stereocenters. The lowest BCUT2D eigenvalue weighted by atomic mass is 10.3. The highest BCUT2D eigenvalue weighted by atomic mass is 32.1. The molecule has 0 spiro atoms. The fourth-order valence-corrected chi connectivity index (χ4v) is 2.43. The van der Waals surface area contributed by atoms with Crippen LogP contribution < -0.4 is 5.32 Å². The number of nitrogens with zero attached hydrogens (tertiary/aromatic N) is 1. The lowest BCUT2D eigenvalue weighted by Crippen LogP contribution is -2.14. The first-order chi connectivity index (χ1) is 6.92. The van der Waals surface area contributed by atoms with Crippen molar-refractivity contribution in [3.8, 4) is 0 Å². The summed E-state index contributed by atoms with van der Waals surface area (Å²) in [5, 5.41) is 4.69. The maximum atomic E-state index is 4.57. The van der Waals surface area contributed by atoms with Crippen LogP contribution >= 0.6 is 11.3 Å². The molecule has 1 N–H and O–H groups in total. The number of hydrogen-bond donors (Lipinski definition) is 1. The average Bonchev–Trinajstić information content (AvgIpc) is 2.94. The first-order valence-corrected chi connectivity index (χ1v) is 5.81. The van der Waals surface area contributed by atoms with Crippen molar-refractivity contribution < 1.29 is 0 Å². The van der Waals surface area contributed by atoms with Crippen LogP contribution in [-0.2, 0) is 6.54 Å². The number of thiazole rings is 1. The lowest BCUT2D eigenvalue weighted by molar-refractivity contribution is 0.685. The van der Waals surface area contributed by atoms with Crippen LogP contribution in [-0.4, -0.2) is 11.0 Å². The van der Waals surface area contributed by atoms with E-state index in [0.717, 1.165) is 18.1 Å². The molecular weight excluding hydrogens is 192 g/mol. The molecule has 2 nitrogen and oxygen atoms in total. The minimum absolute atomic E-state index is 0.766. The van der Waals surface area contributed by atoms with E-state index in [1.165, 1.54) is 22.5 Å². The molecule has 1 aliphatic carbocycles. The number of para-hydroxylation sites is 1. The van der Waals surface area contributed by atoms with Crippen molar-refractivity contribution in [3.63, 3.8) is 0 Å². The zero-order valence-electron chi connectivity index (χ0n) is 7.86. The number of fused-ring (bicyclic) bond motifs is 1. The van der Waals surface area contributed by atoms with E-state index in [4.69, 9.17) is 0 Å². The van der Waals surface area contributed by atoms with Gasteiger partial charge in [-0.25, -0.2) is 4.98 Å². The first-order valence-electron chi connectivity index (χ1n) is 5.00. The summed E-state index contributed by atoms with van der Waals surface area (Å²) in [6.07, 6.45) is 2.68. The van der Waals surface area contributed by atoms with E-state index in [1.54, 1.807) is 11.3 Å². The van der Waals surface area contributed by atoms with E-state index in [9.17, 15) is 0 Å². The maximum absolute atomic E-state index is 4.57. The third kappa shape index (κ3) is 1.65. The molecule has 0 aliphatic heterocycles. The zero-order valence-corrected chi connectivity index (χ0v) is 8.68. The van der Waals surface area contributed by atoms with Gasteiger partial charge in [-0.3, -0.25) is 0 Å². The molecule has 72 valence electrons. The van der Waals surface area contributed by atoms with E-state index >= 15 is 0 Å². The molecule has 1 saturated carbocycles. The summed E-state index contributed by atoms with van der Waals surface area (Å²) < 4.78 is 1.29. The largest absolute Gasteiger partial charge is 0.308 e. The van der Waals surface area contributed by atoms with Crippen LogP contribution in [0.25, 0.3) is 10.2 Å². The molecule has 0 atom stereocenters. The number of hydrogen-bond acceptors (Lipinski definition) is 3. The lowest BCUT2D eigenvalue weighted by Gasteiger charge is -1.96. The van der Waals surface area contributed by atoms with E-state index in [2.05, 4.69) is 28.5 Å². The zero-order chi connectivity index (χ0) is 9.38. The molecule has 3 heteroatoms. The Labute approximate surface area is 87.0 Å². The second-order valence-corrected chi connectivity index (χ2v) is 4.85. The van der Waals surface area contributed by atoms with Gasteiger partial charge in [0.15, 0.2) is 0 Å². The topological polar surface area (TPSA) is 24.9 Å². The SMILES string of the molecule is c1ccc2sc(CNC3CC3)nc2c1. The van der Waals surface area contributed by atoms with Crippen molar-refractivity contribution >= 4 is 21.6 Å². The summed E-state index contributed by atoms with van der Waals surface area (Å²) in [7, 11) is 0. The highest BCUT2D eigenvalue weighted by Gasteiger charge is 2.20. The fourth-order valence-electron chi connectivity index (χ4n) is 1.51. The standard InChI is InChI=1S/C11H12N2S/c1-2-4-10-9(3-1)13-11(14-10)7-12-8-5-6-8/h1-4,8,12H,5-7H2. The molecule has 1 aliphatic rings. The number of rotatable bonds is 3. The number of benzene rings is 1. The Morgan fingerprint density at radius 3 is 3.00 bits per heavy atom. The van der Waals surface area contributed by atoms with Crippen LogP contribution in [0.2, 0.25) is 0 Å². The summed E-state index contributed by atoms with van der Waals surface area (Å²) in [5.74, 6) is 0. The molecule has 0 amide bonds. The van der Waals surface area contributed by atoms with E-state index in [-0.39, 0.29) is 0 Å². The van der Waals surface area contributed by atoms with Crippen molar-refractivity contribution in [1.29, 1.82) is 0 Å². The van der Waals surface area contributed by atoms with Gasteiger partial charge < -0.3 is 5.32 Å². The predicted octanol–water partition coefficient (Wildman–Crippen LogP) is 2.55. The molecule has 1 aromatic heterocycles. The molecule has 1 heterocycles. The Balaban J connectivity index is 1.82. The average molecular weight is 204 g/mol. The van der Waals surface area contributed by atoms with Crippen LogP contribution in [0.5, 0.6) is 0 Å². The maximum Gasteiger partial charge on any atom is 0.108 e. The van der Waals surface area contributed by atoms with Crippen LogP contribution in [0.15, 0.2) is 24.3 Å². The quantitative estimate of drug-likeness (QED) is 0.831. The highest BCUT2D eigenvalue weighted by molar-refractivity contribution is 7.18. The van der Waals surface area contributed by atoms with Gasteiger partial charge in [0, 0.05) is 12.6 Å². The Morgan fingerprint density at radius 2 is 2.21 bits per heavy atom. The minimum Gasteiger partial charge on any atom is -0.308 e. The van der Waals surface area contributed by atoms with Gasteiger partial charge in [0.05, 0.1) is 10.2 Å². The Hall–Kier alpha value is -0.930. The molecule has 14 heavy (non-hydrogen) atoms. The Kier molecular flexibility index (Phi) is 2.00. The molecule has 3 rings (SSSR count). The summed E-state index contributed by atoms with van der Waals surface area (Å²) in [5.41, 5.74) is 1.13. The number of nitrogens with one attached hydrogen (secondary N) is 1. The van der Waals surface area contributed by atoms with Crippen molar-refractivity contribution in [2.45, 2.75) is 25.4 Å². The second kappa shape index (κ2) is 3.33. The fraction of sp³-hybridized carbons (Fsp3) is 0.364. The molecular formula is C11H12N2S. The van der Waals surface area contributed by atoms with Gasteiger partial charge >= 0.3 is 0 Å².